The van der Waals surface area contributed by atoms with Crippen molar-refractivity contribution in [2.75, 3.05) is 20.3 Å². The van der Waals surface area contributed by atoms with Crippen LogP contribution in [0.3, 0.4) is 0 Å². The average Bonchev–Trinajstić information content (AvgIpc) is 2.85. The minimum atomic E-state index is -1.36. The average molecular weight is 499 g/mol. The minimum Gasteiger partial charge on any atom is -0.493 e. The number of amides is 1. The second kappa shape index (κ2) is 11.0. The highest BCUT2D eigenvalue weighted by molar-refractivity contribution is 6.32. The van der Waals surface area contributed by atoms with Crippen LogP contribution >= 0.6 is 11.6 Å². The number of ether oxygens (including phenoxy) is 4. The molecule has 0 radical (unpaired) electrons. The first kappa shape index (κ1) is 24.2. The zero-order chi connectivity index (χ0) is 24.8. The van der Waals surface area contributed by atoms with E-state index in [-0.39, 0.29) is 10.9 Å². The summed E-state index contributed by atoms with van der Waals surface area (Å²) in [4.78, 5) is 27.5. The summed E-state index contributed by atoms with van der Waals surface area (Å²) in [5.74, 6) is 1.60. The van der Waals surface area contributed by atoms with Gasteiger partial charge in [0.15, 0.2) is 0 Å². The van der Waals surface area contributed by atoms with Crippen molar-refractivity contribution in [3.05, 3.63) is 76.4 Å². The van der Waals surface area contributed by atoms with Crippen molar-refractivity contribution in [2.24, 2.45) is 0 Å². The van der Waals surface area contributed by atoms with Crippen LogP contribution < -0.4 is 19.5 Å². The van der Waals surface area contributed by atoms with E-state index in [1.165, 1.54) is 0 Å². The molecule has 9 nitrogen and oxygen atoms in total. The fourth-order valence-corrected chi connectivity index (χ4v) is 3.79. The molecule has 1 aliphatic rings. The van der Waals surface area contributed by atoms with E-state index >= 15 is 0 Å². The van der Waals surface area contributed by atoms with Gasteiger partial charge in [0.05, 0.1) is 18.7 Å². The molecule has 1 aliphatic heterocycles. The van der Waals surface area contributed by atoms with Gasteiger partial charge in [0, 0.05) is 42.4 Å². The third-order valence-electron chi connectivity index (χ3n) is 5.34. The molecule has 182 valence electrons. The Labute approximate surface area is 206 Å². The molecule has 2 N–H and O–H groups in total. The summed E-state index contributed by atoms with van der Waals surface area (Å²) in [7, 11) is 1.56. The molecule has 0 aliphatic carbocycles. The predicted octanol–water partition coefficient (Wildman–Crippen LogP) is 5.03. The molecule has 35 heavy (non-hydrogen) atoms. The van der Waals surface area contributed by atoms with E-state index < -0.39 is 12.3 Å². The van der Waals surface area contributed by atoms with Gasteiger partial charge in [-0.3, -0.25) is 4.79 Å². The summed E-state index contributed by atoms with van der Waals surface area (Å²) >= 11 is 6.36. The van der Waals surface area contributed by atoms with Crippen molar-refractivity contribution in [3.63, 3.8) is 0 Å². The van der Waals surface area contributed by atoms with Crippen LogP contribution in [0.1, 0.15) is 34.0 Å². The lowest BCUT2D eigenvalue weighted by Crippen LogP contribution is -2.25. The number of aromatic nitrogens is 1. The van der Waals surface area contributed by atoms with E-state index in [9.17, 15) is 9.59 Å². The Morgan fingerprint density at radius 3 is 2.69 bits per heavy atom. The fraction of sp³-hybridized carbons (Fsp3) is 0.240. The molecule has 1 unspecified atom stereocenters. The number of hydrogen-bond donors (Lipinski definition) is 2. The van der Waals surface area contributed by atoms with E-state index in [0.717, 1.165) is 5.56 Å². The molecule has 4 rings (SSSR count). The van der Waals surface area contributed by atoms with E-state index in [0.29, 0.717) is 60.2 Å². The molecule has 1 aromatic heterocycles. The number of nitrogens with zero attached hydrogens (tertiary/aromatic N) is 1. The number of nitrogens with one attached hydrogen (secondary N) is 1. The van der Waals surface area contributed by atoms with Crippen LogP contribution in [0.25, 0.3) is 0 Å². The lowest BCUT2D eigenvalue weighted by Gasteiger charge is -2.25. The number of fused-ring (bicyclic) bond motifs is 1. The molecule has 2 heterocycles. The smallest absolute Gasteiger partial charge is 0.493 e. The Balaban J connectivity index is 1.35. The van der Waals surface area contributed by atoms with Gasteiger partial charge in [-0.25, -0.2) is 9.78 Å². The molecule has 0 fully saturated rings. The number of carbonyl (C=O) groups excluding carboxylic acids is 1. The first-order valence-corrected chi connectivity index (χ1v) is 11.2. The molecule has 0 bridgehead atoms. The monoisotopic (exact) mass is 498 g/mol. The summed E-state index contributed by atoms with van der Waals surface area (Å²) in [6.07, 6.45) is 0.743. The lowest BCUT2D eigenvalue weighted by atomic mass is 10.0. The molecular weight excluding hydrogens is 476 g/mol. The van der Waals surface area contributed by atoms with Gasteiger partial charge in [-0.15, -0.1) is 0 Å². The van der Waals surface area contributed by atoms with Crippen LogP contribution in [0.5, 0.6) is 23.1 Å². The van der Waals surface area contributed by atoms with Gasteiger partial charge in [0.2, 0.25) is 5.88 Å². The van der Waals surface area contributed by atoms with Gasteiger partial charge in [-0.1, -0.05) is 17.7 Å². The van der Waals surface area contributed by atoms with Crippen LogP contribution in [-0.2, 0) is 11.2 Å². The molecule has 10 heteroatoms. The summed E-state index contributed by atoms with van der Waals surface area (Å²) in [5, 5.41) is 12.1. The maximum Gasteiger partial charge on any atom is 0.506 e. The molecule has 1 amide bonds. The van der Waals surface area contributed by atoms with E-state index in [1.54, 1.807) is 55.8 Å². The number of carboxylic acid groups (broad SMARTS) is 1. The quantitative estimate of drug-likeness (QED) is 0.415. The fourth-order valence-electron chi connectivity index (χ4n) is 3.58. The number of methoxy groups -OCH3 is 1. The summed E-state index contributed by atoms with van der Waals surface area (Å²) in [6, 6.07) is 13.5. The lowest BCUT2D eigenvalue weighted by molar-refractivity contribution is 0.0326. The van der Waals surface area contributed by atoms with Crippen LogP contribution in [0.4, 0.5) is 4.79 Å². The molecular formula is C25H23ClN2O7. The van der Waals surface area contributed by atoms with Gasteiger partial charge < -0.3 is 29.4 Å². The number of carbonyl (C=O) groups is 2. The normalized spacial score (nSPS) is 14.3. The van der Waals surface area contributed by atoms with Crippen LogP contribution in [0.15, 0.2) is 54.7 Å². The van der Waals surface area contributed by atoms with Gasteiger partial charge in [-0.05, 0) is 42.3 Å². The van der Waals surface area contributed by atoms with Gasteiger partial charge >= 0.3 is 6.16 Å². The number of halogens is 1. The first-order chi connectivity index (χ1) is 16.9. The largest absolute Gasteiger partial charge is 0.506 e. The second-order valence-corrected chi connectivity index (χ2v) is 8.08. The maximum atomic E-state index is 12.4. The number of rotatable bonds is 8. The van der Waals surface area contributed by atoms with E-state index in [2.05, 4.69) is 10.3 Å². The standard InChI is InChI=1S/C25H23ClN2O7/c1-32-23-7-2-15(14-28-23)8-10-27-24(29)16-3-5-17(6-4-16)34-22-13-21-18(12-19(22)26)20(9-11-33-21)35-25(30)31/h2-7,12-14,20H,8-11H2,1H3,(H,27,29)(H,30,31). The van der Waals surface area contributed by atoms with Crippen LogP contribution in [-0.4, -0.2) is 42.4 Å². The molecule has 1 atom stereocenters. The van der Waals surface area contributed by atoms with Crippen molar-refractivity contribution < 1.29 is 33.6 Å². The Morgan fingerprint density at radius 1 is 1.20 bits per heavy atom. The SMILES string of the molecule is COc1ccc(CCNC(=O)c2ccc(Oc3cc4c(cc3Cl)C(OC(=O)O)CCO4)cc2)cn1. The molecule has 2 aromatic carbocycles. The van der Waals surface area contributed by atoms with Crippen molar-refractivity contribution >= 4 is 23.7 Å². The molecule has 3 aromatic rings. The van der Waals surface area contributed by atoms with Crippen molar-refractivity contribution in [2.45, 2.75) is 18.9 Å². The third-order valence-corrected chi connectivity index (χ3v) is 5.64. The molecule has 0 spiro atoms. The highest BCUT2D eigenvalue weighted by Crippen LogP contribution is 2.42. The number of pyridine rings is 1. The Bertz CT molecular complexity index is 1200. The Hall–Kier alpha value is -3.98. The highest BCUT2D eigenvalue weighted by atomic mass is 35.5. The zero-order valence-electron chi connectivity index (χ0n) is 18.8. The van der Waals surface area contributed by atoms with Crippen LogP contribution in [0.2, 0.25) is 5.02 Å². The summed E-state index contributed by atoms with van der Waals surface area (Å²) in [6.45, 7) is 0.771. The summed E-state index contributed by atoms with van der Waals surface area (Å²) in [5.41, 5.74) is 2.02. The van der Waals surface area contributed by atoms with Gasteiger partial charge in [0.1, 0.15) is 23.4 Å². The number of hydrogen-bond acceptors (Lipinski definition) is 7. The van der Waals surface area contributed by atoms with E-state index in [1.807, 2.05) is 6.07 Å². The van der Waals surface area contributed by atoms with Gasteiger partial charge in [-0.2, -0.15) is 0 Å². The second-order valence-electron chi connectivity index (χ2n) is 7.67. The highest BCUT2D eigenvalue weighted by Gasteiger charge is 2.27. The molecule has 0 saturated heterocycles. The zero-order valence-corrected chi connectivity index (χ0v) is 19.6. The predicted molar refractivity (Wildman–Crippen MR) is 127 cm³/mol. The maximum absolute atomic E-state index is 12.4. The Kier molecular flexibility index (Phi) is 7.57. The van der Waals surface area contributed by atoms with Crippen molar-refractivity contribution in [1.82, 2.24) is 10.3 Å². The van der Waals surface area contributed by atoms with E-state index in [4.69, 9.17) is 35.7 Å². The third kappa shape index (κ3) is 6.13. The van der Waals surface area contributed by atoms with Crippen molar-refractivity contribution in [1.29, 1.82) is 0 Å². The topological polar surface area (TPSA) is 116 Å². The summed E-state index contributed by atoms with van der Waals surface area (Å²) < 4.78 is 21.4. The van der Waals surface area contributed by atoms with Crippen molar-refractivity contribution in [3.8, 4) is 23.1 Å². The molecule has 0 saturated carbocycles. The first-order valence-electron chi connectivity index (χ1n) is 10.8. The number of benzene rings is 2. The van der Waals surface area contributed by atoms with Gasteiger partial charge in [0.25, 0.3) is 5.91 Å². The van der Waals surface area contributed by atoms with Crippen LogP contribution in [0, 0.1) is 0 Å². The Morgan fingerprint density at radius 2 is 2.00 bits per heavy atom. The minimum absolute atomic E-state index is 0.206.